The number of nitrogens with one attached hydrogen (secondary N) is 1. The van der Waals surface area contributed by atoms with E-state index >= 15 is 0 Å². The maximum absolute atomic E-state index is 12.4. The van der Waals surface area contributed by atoms with Crippen LogP contribution in [0, 0.1) is 12.8 Å². The number of carbonyl (C=O) groups is 2. The molecule has 0 aromatic carbocycles. The van der Waals surface area contributed by atoms with Crippen molar-refractivity contribution in [1.29, 1.82) is 0 Å². The molecular weight excluding hydrogens is 362 g/mol. The summed E-state index contributed by atoms with van der Waals surface area (Å²) >= 11 is 1.27. The molecule has 27 heavy (non-hydrogen) atoms. The number of nitrogens with zero attached hydrogens (tertiary/aromatic N) is 2. The van der Waals surface area contributed by atoms with Crippen molar-refractivity contribution in [3.05, 3.63) is 29.7 Å². The minimum atomic E-state index is -0.109. The van der Waals surface area contributed by atoms with Crippen molar-refractivity contribution >= 4 is 23.5 Å². The molecule has 1 aliphatic carbocycles. The lowest BCUT2D eigenvalue weighted by Gasteiger charge is -2.26. The van der Waals surface area contributed by atoms with Crippen molar-refractivity contribution < 1.29 is 14.0 Å². The van der Waals surface area contributed by atoms with Gasteiger partial charge >= 0.3 is 0 Å². The Hall–Kier alpha value is -2.15. The third kappa shape index (κ3) is 4.97. The predicted octanol–water partition coefficient (Wildman–Crippen LogP) is 4.03. The topological polar surface area (TPSA) is 85.1 Å². The Balaban J connectivity index is 1.71. The van der Waals surface area contributed by atoms with E-state index in [0.717, 1.165) is 31.6 Å². The molecule has 1 amide bonds. The van der Waals surface area contributed by atoms with Gasteiger partial charge in [-0.1, -0.05) is 18.7 Å². The number of aromatic nitrogens is 2. The van der Waals surface area contributed by atoms with Crippen molar-refractivity contribution in [2.45, 2.75) is 57.5 Å². The van der Waals surface area contributed by atoms with Crippen molar-refractivity contribution in [1.82, 2.24) is 15.3 Å². The molecule has 0 radical (unpaired) electrons. The van der Waals surface area contributed by atoms with Gasteiger partial charge in [-0.15, -0.1) is 0 Å². The quantitative estimate of drug-likeness (QED) is 0.457. The Morgan fingerprint density at radius 1 is 1.26 bits per heavy atom. The number of ketones is 1. The first-order valence-electron chi connectivity index (χ1n) is 9.29. The molecule has 0 aliphatic heterocycles. The molecule has 3 rings (SSSR count). The summed E-state index contributed by atoms with van der Waals surface area (Å²) in [5.74, 6) is 1.80. The van der Waals surface area contributed by atoms with Crippen molar-refractivity contribution in [2.24, 2.45) is 5.92 Å². The summed E-state index contributed by atoms with van der Waals surface area (Å²) in [4.78, 5) is 33.3. The standard InChI is InChI=1S/C20H25N3O3S/c1-12-6-8-15(9-7-12)22-17(25)11-27-20-18(14(3)24)13(2)21-19(23-20)16-5-4-10-26-16/h4-5,10,12,15H,6-9,11H2,1-3H3,(H,22,25). The minimum Gasteiger partial charge on any atom is -0.461 e. The predicted molar refractivity (Wildman–Crippen MR) is 105 cm³/mol. The third-order valence-corrected chi connectivity index (χ3v) is 5.85. The fourth-order valence-electron chi connectivity index (χ4n) is 3.38. The zero-order chi connectivity index (χ0) is 19.4. The van der Waals surface area contributed by atoms with Crippen LogP contribution in [-0.4, -0.2) is 33.5 Å². The molecule has 6 nitrogen and oxygen atoms in total. The summed E-state index contributed by atoms with van der Waals surface area (Å²) in [7, 11) is 0. The van der Waals surface area contributed by atoms with Gasteiger partial charge in [0, 0.05) is 6.04 Å². The first-order chi connectivity index (χ1) is 12.9. The second kappa shape index (κ2) is 8.69. The Bertz CT molecular complexity index is 812. The van der Waals surface area contributed by atoms with Gasteiger partial charge in [-0.3, -0.25) is 9.59 Å². The van der Waals surface area contributed by atoms with Crippen LogP contribution in [0.15, 0.2) is 27.8 Å². The van der Waals surface area contributed by atoms with Gasteiger partial charge < -0.3 is 9.73 Å². The van der Waals surface area contributed by atoms with E-state index in [1.54, 1.807) is 25.3 Å². The largest absolute Gasteiger partial charge is 0.461 e. The van der Waals surface area contributed by atoms with Crippen LogP contribution in [0.4, 0.5) is 0 Å². The number of hydrogen-bond acceptors (Lipinski definition) is 6. The molecule has 0 unspecified atom stereocenters. The average Bonchev–Trinajstić information content (AvgIpc) is 3.16. The summed E-state index contributed by atoms with van der Waals surface area (Å²) in [6.45, 7) is 5.52. The summed E-state index contributed by atoms with van der Waals surface area (Å²) in [6, 6.07) is 3.79. The third-order valence-electron chi connectivity index (χ3n) is 4.87. The van der Waals surface area contributed by atoms with Gasteiger partial charge in [-0.2, -0.15) is 0 Å². The maximum Gasteiger partial charge on any atom is 0.230 e. The molecule has 2 aromatic heterocycles. The smallest absolute Gasteiger partial charge is 0.230 e. The Labute approximate surface area is 163 Å². The number of hydrogen-bond donors (Lipinski definition) is 1. The molecule has 0 spiro atoms. The highest BCUT2D eigenvalue weighted by Gasteiger charge is 2.22. The van der Waals surface area contributed by atoms with Gasteiger partial charge in [-0.25, -0.2) is 9.97 Å². The van der Waals surface area contributed by atoms with Gasteiger partial charge in [0.2, 0.25) is 5.91 Å². The summed E-state index contributed by atoms with van der Waals surface area (Å²) in [6.07, 6.45) is 5.93. The van der Waals surface area contributed by atoms with Gasteiger partial charge in [-0.05, 0) is 57.6 Å². The number of rotatable bonds is 6. The van der Waals surface area contributed by atoms with E-state index < -0.39 is 0 Å². The van der Waals surface area contributed by atoms with Crippen LogP contribution < -0.4 is 5.32 Å². The second-order valence-corrected chi connectivity index (χ2v) is 8.12. The number of Topliss-reactive ketones (excluding diaryl/α,β-unsaturated/α-hetero) is 1. The van der Waals surface area contributed by atoms with Crippen LogP contribution >= 0.6 is 11.8 Å². The van der Waals surface area contributed by atoms with Gasteiger partial charge in [0.25, 0.3) is 0 Å². The number of carbonyl (C=O) groups excluding carboxylic acids is 2. The molecule has 2 heterocycles. The van der Waals surface area contributed by atoms with E-state index in [9.17, 15) is 9.59 Å². The number of furan rings is 1. The van der Waals surface area contributed by atoms with Crippen molar-refractivity contribution in [3.63, 3.8) is 0 Å². The first-order valence-corrected chi connectivity index (χ1v) is 10.3. The second-order valence-electron chi connectivity index (χ2n) is 7.16. The van der Waals surface area contributed by atoms with Crippen molar-refractivity contribution in [3.8, 4) is 11.6 Å². The molecule has 0 bridgehead atoms. The molecule has 0 atom stereocenters. The average molecular weight is 388 g/mol. The normalized spacial score (nSPS) is 19.7. The lowest BCUT2D eigenvalue weighted by Crippen LogP contribution is -2.38. The first kappa shape index (κ1) is 19.6. The zero-order valence-corrected chi connectivity index (χ0v) is 16.8. The molecule has 1 aliphatic rings. The molecule has 1 fully saturated rings. The van der Waals surface area contributed by atoms with Crippen molar-refractivity contribution in [2.75, 3.05) is 5.75 Å². The summed E-state index contributed by atoms with van der Waals surface area (Å²) in [5, 5.41) is 3.63. The van der Waals surface area contributed by atoms with Crippen LogP contribution in [-0.2, 0) is 4.79 Å². The summed E-state index contributed by atoms with van der Waals surface area (Å²) < 4.78 is 5.37. The lowest BCUT2D eigenvalue weighted by atomic mass is 9.87. The molecule has 2 aromatic rings. The van der Waals surface area contributed by atoms with E-state index in [-0.39, 0.29) is 23.5 Å². The Morgan fingerprint density at radius 2 is 2.00 bits per heavy atom. The van der Waals surface area contributed by atoms with Crippen LogP contribution in [0.1, 0.15) is 55.6 Å². The van der Waals surface area contributed by atoms with Gasteiger partial charge in [0.05, 0.1) is 23.3 Å². The Kier molecular flexibility index (Phi) is 6.31. The highest BCUT2D eigenvalue weighted by atomic mass is 32.2. The number of aryl methyl sites for hydroxylation is 1. The van der Waals surface area contributed by atoms with Gasteiger partial charge in [0.1, 0.15) is 5.03 Å². The molecule has 144 valence electrons. The summed E-state index contributed by atoms with van der Waals surface area (Å²) in [5.41, 5.74) is 1.06. The van der Waals surface area contributed by atoms with Crippen LogP contribution in [0.25, 0.3) is 11.6 Å². The van der Waals surface area contributed by atoms with Crippen LogP contribution in [0.2, 0.25) is 0 Å². The fraction of sp³-hybridized carbons (Fsp3) is 0.500. The lowest BCUT2D eigenvalue weighted by molar-refractivity contribution is -0.119. The monoisotopic (exact) mass is 387 g/mol. The fourth-order valence-corrected chi connectivity index (χ4v) is 4.32. The van der Waals surface area contributed by atoms with Crippen LogP contribution in [0.5, 0.6) is 0 Å². The molecule has 7 heteroatoms. The molecule has 0 saturated heterocycles. The maximum atomic E-state index is 12.4. The van der Waals surface area contributed by atoms with E-state index in [1.165, 1.54) is 18.7 Å². The van der Waals surface area contributed by atoms with E-state index in [4.69, 9.17) is 4.42 Å². The molecule has 1 saturated carbocycles. The van der Waals surface area contributed by atoms with Crippen LogP contribution in [0.3, 0.4) is 0 Å². The zero-order valence-electron chi connectivity index (χ0n) is 15.9. The van der Waals surface area contributed by atoms with E-state index in [0.29, 0.717) is 27.9 Å². The number of amides is 1. The number of thioether (sulfide) groups is 1. The highest BCUT2D eigenvalue weighted by Crippen LogP contribution is 2.27. The SMILES string of the molecule is CC(=O)c1c(C)nc(-c2ccco2)nc1SCC(=O)NC1CCC(C)CC1. The van der Waals surface area contributed by atoms with E-state index in [1.807, 2.05) is 0 Å². The molecule has 1 N–H and O–H groups in total. The Morgan fingerprint density at radius 3 is 2.63 bits per heavy atom. The van der Waals surface area contributed by atoms with E-state index in [2.05, 4.69) is 22.2 Å². The van der Waals surface area contributed by atoms with Gasteiger partial charge in [0.15, 0.2) is 17.4 Å². The minimum absolute atomic E-state index is 0.0233. The highest BCUT2D eigenvalue weighted by molar-refractivity contribution is 8.00. The molecular formula is C20H25N3O3S.